The molecule has 1 aliphatic rings. The molecule has 0 unspecified atom stereocenters. The summed E-state index contributed by atoms with van der Waals surface area (Å²) in [5.41, 5.74) is 0. The predicted molar refractivity (Wildman–Crippen MR) is 92.5 cm³/mol. The SMILES string of the molecule is CCNc1nccc(N2CCN(c3ncc(Br)cc3F)CC2)n1. The number of nitrogens with zero attached hydrogens (tertiary/aromatic N) is 5. The van der Waals surface area contributed by atoms with Crippen molar-refractivity contribution < 1.29 is 4.39 Å². The molecule has 1 aliphatic heterocycles. The summed E-state index contributed by atoms with van der Waals surface area (Å²) in [7, 11) is 0. The molecule has 3 rings (SSSR count). The monoisotopic (exact) mass is 380 g/mol. The number of hydrogen-bond acceptors (Lipinski definition) is 6. The van der Waals surface area contributed by atoms with Crippen molar-refractivity contribution in [3.63, 3.8) is 0 Å². The van der Waals surface area contributed by atoms with Gasteiger partial charge in [0.05, 0.1) is 0 Å². The summed E-state index contributed by atoms with van der Waals surface area (Å²) in [5.74, 6) is 1.63. The highest BCUT2D eigenvalue weighted by Crippen LogP contribution is 2.22. The van der Waals surface area contributed by atoms with Gasteiger partial charge in [-0.05, 0) is 35.0 Å². The third kappa shape index (κ3) is 3.69. The fraction of sp³-hybridized carbons (Fsp3) is 0.400. The maximum absolute atomic E-state index is 14.0. The Balaban J connectivity index is 1.67. The average molecular weight is 381 g/mol. The lowest BCUT2D eigenvalue weighted by Crippen LogP contribution is -2.47. The molecule has 0 saturated carbocycles. The molecule has 0 atom stereocenters. The Morgan fingerprint density at radius 2 is 1.96 bits per heavy atom. The minimum atomic E-state index is -0.302. The Morgan fingerprint density at radius 1 is 1.22 bits per heavy atom. The second-order valence-electron chi connectivity index (χ2n) is 5.20. The van der Waals surface area contributed by atoms with Crippen LogP contribution in [-0.2, 0) is 0 Å². The molecule has 2 aromatic heterocycles. The first-order valence-corrected chi connectivity index (χ1v) is 8.34. The van der Waals surface area contributed by atoms with Crippen LogP contribution in [0.25, 0.3) is 0 Å². The first-order chi connectivity index (χ1) is 11.2. The number of piperazine rings is 1. The normalized spacial score (nSPS) is 14.9. The molecule has 3 heterocycles. The van der Waals surface area contributed by atoms with Gasteiger partial charge in [0.1, 0.15) is 5.82 Å². The van der Waals surface area contributed by atoms with Gasteiger partial charge in [-0.2, -0.15) is 4.98 Å². The summed E-state index contributed by atoms with van der Waals surface area (Å²) in [6.07, 6.45) is 3.38. The number of halogens is 2. The van der Waals surface area contributed by atoms with Crippen LogP contribution in [-0.4, -0.2) is 47.7 Å². The first kappa shape index (κ1) is 15.9. The minimum Gasteiger partial charge on any atom is -0.354 e. The third-order valence-electron chi connectivity index (χ3n) is 3.67. The van der Waals surface area contributed by atoms with E-state index in [9.17, 15) is 4.39 Å². The Labute approximate surface area is 142 Å². The predicted octanol–water partition coefficient (Wildman–Crippen LogP) is 2.53. The van der Waals surface area contributed by atoms with Gasteiger partial charge < -0.3 is 15.1 Å². The molecule has 1 N–H and O–H groups in total. The van der Waals surface area contributed by atoms with E-state index in [0.717, 1.165) is 25.5 Å². The van der Waals surface area contributed by atoms with Crippen LogP contribution in [0.1, 0.15) is 6.92 Å². The number of hydrogen-bond donors (Lipinski definition) is 1. The van der Waals surface area contributed by atoms with Crippen molar-refractivity contribution in [1.82, 2.24) is 15.0 Å². The molecule has 0 spiro atoms. The molecule has 0 radical (unpaired) electrons. The summed E-state index contributed by atoms with van der Waals surface area (Å²) in [5, 5.41) is 3.11. The van der Waals surface area contributed by atoms with Crippen LogP contribution in [0.15, 0.2) is 29.0 Å². The smallest absolute Gasteiger partial charge is 0.224 e. The van der Waals surface area contributed by atoms with Crippen molar-refractivity contribution in [2.45, 2.75) is 6.92 Å². The molecule has 122 valence electrons. The summed E-state index contributed by atoms with van der Waals surface area (Å²) >= 11 is 3.23. The fourth-order valence-corrected chi connectivity index (χ4v) is 2.86. The summed E-state index contributed by atoms with van der Waals surface area (Å²) in [4.78, 5) is 17.0. The van der Waals surface area contributed by atoms with Crippen LogP contribution in [0.5, 0.6) is 0 Å². The van der Waals surface area contributed by atoms with E-state index >= 15 is 0 Å². The second kappa shape index (κ2) is 7.08. The van der Waals surface area contributed by atoms with Crippen molar-refractivity contribution in [1.29, 1.82) is 0 Å². The van der Waals surface area contributed by atoms with Crippen LogP contribution in [0, 0.1) is 5.82 Å². The standard InChI is InChI=1S/C15H18BrFN6/c1-2-18-15-19-4-3-13(21-15)22-5-7-23(8-6-22)14-12(17)9-11(16)10-20-14/h3-4,9-10H,2,5-8H2,1H3,(H,18,19,21). The largest absolute Gasteiger partial charge is 0.354 e. The molecule has 6 nitrogen and oxygen atoms in total. The number of aromatic nitrogens is 3. The molecule has 0 amide bonds. The topological polar surface area (TPSA) is 57.2 Å². The molecular weight excluding hydrogens is 363 g/mol. The Kier molecular flexibility index (Phi) is 4.90. The van der Waals surface area contributed by atoms with E-state index in [1.54, 1.807) is 12.4 Å². The lowest BCUT2D eigenvalue weighted by Gasteiger charge is -2.36. The lowest BCUT2D eigenvalue weighted by atomic mass is 10.3. The van der Waals surface area contributed by atoms with Gasteiger partial charge in [0.2, 0.25) is 5.95 Å². The van der Waals surface area contributed by atoms with Gasteiger partial charge in [0, 0.05) is 49.6 Å². The van der Waals surface area contributed by atoms with E-state index < -0.39 is 0 Å². The van der Waals surface area contributed by atoms with Crippen molar-refractivity contribution in [3.05, 3.63) is 34.8 Å². The zero-order valence-corrected chi connectivity index (χ0v) is 14.4. The van der Waals surface area contributed by atoms with E-state index in [1.807, 2.05) is 17.9 Å². The van der Waals surface area contributed by atoms with Crippen LogP contribution < -0.4 is 15.1 Å². The van der Waals surface area contributed by atoms with Crippen molar-refractivity contribution in [2.24, 2.45) is 0 Å². The van der Waals surface area contributed by atoms with Gasteiger partial charge in [0.15, 0.2) is 11.6 Å². The molecular formula is C15H18BrFN6. The van der Waals surface area contributed by atoms with Crippen molar-refractivity contribution in [3.8, 4) is 0 Å². The second-order valence-corrected chi connectivity index (χ2v) is 6.12. The van der Waals surface area contributed by atoms with Crippen LogP contribution in [0.2, 0.25) is 0 Å². The van der Waals surface area contributed by atoms with Gasteiger partial charge in [-0.1, -0.05) is 0 Å². The lowest BCUT2D eigenvalue weighted by molar-refractivity contribution is 0.586. The number of nitrogens with one attached hydrogen (secondary N) is 1. The minimum absolute atomic E-state index is 0.302. The third-order valence-corrected chi connectivity index (χ3v) is 4.10. The maximum Gasteiger partial charge on any atom is 0.224 e. The molecule has 1 fully saturated rings. The molecule has 8 heteroatoms. The quantitative estimate of drug-likeness (QED) is 0.879. The Bertz CT molecular complexity index is 675. The molecule has 2 aromatic rings. The first-order valence-electron chi connectivity index (χ1n) is 7.55. The van der Waals surface area contributed by atoms with Crippen LogP contribution >= 0.6 is 15.9 Å². The highest BCUT2D eigenvalue weighted by atomic mass is 79.9. The number of anilines is 3. The van der Waals surface area contributed by atoms with Gasteiger partial charge in [-0.15, -0.1) is 0 Å². The van der Waals surface area contributed by atoms with E-state index in [1.165, 1.54) is 6.07 Å². The van der Waals surface area contributed by atoms with Crippen LogP contribution in [0.4, 0.5) is 22.0 Å². The molecule has 23 heavy (non-hydrogen) atoms. The Hall–Kier alpha value is -1.96. The Morgan fingerprint density at radius 3 is 2.65 bits per heavy atom. The molecule has 0 aliphatic carbocycles. The fourth-order valence-electron chi connectivity index (χ4n) is 2.56. The van der Waals surface area contributed by atoms with E-state index in [0.29, 0.717) is 29.3 Å². The number of pyridine rings is 1. The molecule has 1 saturated heterocycles. The van der Waals surface area contributed by atoms with Gasteiger partial charge >= 0.3 is 0 Å². The van der Waals surface area contributed by atoms with Gasteiger partial charge in [0.25, 0.3) is 0 Å². The summed E-state index contributed by atoms with van der Waals surface area (Å²) in [6, 6.07) is 3.34. The maximum atomic E-state index is 14.0. The van der Waals surface area contributed by atoms with E-state index in [4.69, 9.17) is 0 Å². The number of rotatable bonds is 4. The van der Waals surface area contributed by atoms with E-state index in [2.05, 4.69) is 41.1 Å². The van der Waals surface area contributed by atoms with Crippen LogP contribution in [0.3, 0.4) is 0 Å². The average Bonchev–Trinajstić information content (AvgIpc) is 2.56. The summed E-state index contributed by atoms with van der Waals surface area (Å²) in [6.45, 7) is 5.72. The van der Waals surface area contributed by atoms with Crippen molar-refractivity contribution in [2.75, 3.05) is 47.8 Å². The summed E-state index contributed by atoms with van der Waals surface area (Å²) < 4.78 is 14.7. The zero-order chi connectivity index (χ0) is 16.2. The van der Waals surface area contributed by atoms with Crippen molar-refractivity contribution >= 4 is 33.5 Å². The van der Waals surface area contributed by atoms with Gasteiger partial charge in [-0.25, -0.2) is 14.4 Å². The highest BCUT2D eigenvalue weighted by molar-refractivity contribution is 9.10. The molecule has 0 bridgehead atoms. The zero-order valence-electron chi connectivity index (χ0n) is 12.8. The molecule has 0 aromatic carbocycles. The van der Waals surface area contributed by atoms with E-state index in [-0.39, 0.29) is 5.82 Å². The highest BCUT2D eigenvalue weighted by Gasteiger charge is 2.21. The van der Waals surface area contributed by atoms with Gasteiger partial charge in [-0.3, -0.25) is 0 Å².